The summed E-state index contributed by atoms with van der Waals surface area (Å²) in [5.74, 6) is 0.813. The van der Waals surface area contributed by atoms with Crippen LogP contribution >= 0.6 is 0 Å². The van der Waals surface area contributed by atoms with Gasteiger partial charge >= 0.3 is 0 Å². The monoisotopic (exact) mass is 405 g/mol. The maximum atomic E-state index is 12.8. The van der Waals surface area contributed by atoms with Crippen LogP contribution in [0.2, 0.25) is 0 Å². The van der Waals surface area contributed by atoms with Crippen molar-refractivity contribution in [2.24, 2.45) is 5.92 Å². The average Bonchev–Trinajstić information content (AvgIpc) is 2.91. The van der Waals surface area contributed by atoms with E-state index in [1.807, 2.05) is 0 Å². The number of hydrogen-bond acceptors (Lipinski definition) is 7. The number of Topliss-reactive ketones (excluding diaryl/α,β-unsaturated/α-hetero) is 1. The predicted molar refractivity (Wildman–Crippen MR) is 109 cm³/mol. The molecule has 1 unspecified atom stereocenters. The Hall–Kier alpha value is -2.32. The van der Waals surface area contributed by atoms with Crippen LogP contribution < -0.4 is 20.5 Å². The van der Waals surface area contributed by atoms with Crippen molar-refractivity contribution in [2.75, 3.05) is 45.1 Å². The number of likely N-dealkylation sites (tertiary alicyclic amines) is 1. The number of anilines is 1. The molecule has 1 aromatic carbocycles. The molecule has 0 aromatic heterocycles. The number of carbonyl (C=O) groups is 2. The van der Waals surface area contributed by atoms with E-state index in [1.54, 1.807) is 19.1 Å². The van der Waals surface area contributed by atoms with Gasteiger partial charge in [0.2, 0.25) is 0 Å². The summed E-state index contributed by atoms with van der Waals surface area (Å²) in [6.07, 6.45) is 2.40. The predicted octanol–water partition coefficient (Wildman–Crippen LogP) is 1.21. The summed E-state index contributed by atoms with van der Waals surface area (Å²) in [5, 5.41) is 13.4. The first-order valence-electron chi connectivity index (χ1n) is 10.3. The van der Waals surface area contributed by atoms with Gasteiger partial charge in [0.05, 0.1) is 24.9 Å². The lowest BCUT2D eigenvalue weighted by atomic mass is 9.93. The third-order valence-electron chi connectivity index (χ3n) is 5.45. The molecule has 0 spiro atoms. The fourth-order valence-electron chi connectivity index (χ4n) is 3.82. The van der Waals surface area contributed by atoms with E-state index in [4.69, 9.17) is 15.2 Å². The fourth-order valence-corrected chi connectivity index (χ4v) is 3.82. The minimum atomic E-state index is -0.515. The van der Waals surface area contributed by atoms with Crippen molar-refractivity contribution in [3.8, 4) is 11.5 Å². The molecular formula is C21H31N3O5. The van der Waals surface area contributed by atoms with Crippen LogP contribution in [0.25, 0.3) is 0 Å². The molecule has 1 amide bonds. The molecule has 8 heteroatoms. The van der Waals surface area contributed by atoms with Crippen LogP contribution in [-0.2, 0) is 4.79 Å². The molecule has 4 N–H and O–H groups in total. The zero-order valence-electron chi connectivity index (χ0n) is 17.0. The number of nitrogens with one attached hydrogen (secondary N) is 1. The Balaban J connectivity index is 1.54. The minimum absolute atomic E-state index is 0.0140. The van der Waals surface area contributed by atoms with Gasteiger partial charge < -0.3 is 35.3 Å². The number of amides is 1. The highest BCUT2D eigenvalue weighted by atomic mass is 16.5. The number of β-amino-alcohol motifs (C(OH)–C–C–N with tert-alkyl or cyclic N) is 1. The molecule has 0 radical (unpaired) electrons. The van der Waals surface area contributed by atoms with Gasteiger partial charge in [-0.1, -0.05) is 0 Å². The second-order valence-electron chi connectivity index (χ2n) is 7.88. The van der Waals surface area contributed by atoms with E-state index >= 15 is 0 Å². The maximum Gasteiger partial charge on any atom is 0.255 e. The molecule has 2 aliphatic heterocycles. The summed E-state index contributed by atoms with van der Waals surface area (Å²) >= 11 is 0. The van der Waals surface area contributed by atoms with Crippen molar-refractivity contribution < 1.29 is 24.2 Å². The number of benzene rings is 1. The highest BCUT2D eigenvalue weighted by Gasteiger charge is 2.28. The zero-order chi connectivity index (χ0) is 20.8. The van der Waals surface area contributed by atoms with Crippen LogP contribution in [0.4, 0.5) is 5.69 Å². The van der Waals surface area contributed by atoms with Crippen LogP contribution in [0.15, 0.2) is 12.1 Å². The summed E-state index contributed by atoms with van der Waals surface area (Å²) in [6.45, 7) is 5.20. The second kappa shape index (κ2) is 9.93. The standard InChI is InChI=1S/C21H31N3O5/c1-14(25)4-2-6-24-7-5-15(18(26)13-24)12-23-21(27)17-10-16(22)11-19-20(17)29-9-3-8-28-19/h10-11,15,18,26H,2-9,12-13,22H2,1H3,(H,23,27)/t15-,18?/m0/s1. The highest BCUT2D eigenvalue weighted by Crippen LogP contribution is 2.35. The van der Waals surface area contributed by atoms with Gasteiger partial charge in [-0.3, -0.25) is 4.79 Å². The van der Waals surface area contributed by atoms with Crippen LogP contribution in [0.3, 0.4) is 0 Å². The fraction of sp³-hybridized carbons (Fsp3) is 0.619. The summed E-state index contributed by atoms with van der Waals surface area (Å²) in [4.78, 5) is 26.0. The number of nitrogens with zero attached hydrogens (tertiary/aromatic N) is 1. The lowest BCUT2D eigenvalue weighted by Gasteiger charge is -2.36. The molecule has 1 saturated heterocycles. The Kier molecular flexibility index (Phi) is 7.33. The summed E-state index contributed by atoms with van der Waals surface area (Å²) in [6, 6.07) is 3.26. The van der Waals surface area contributed by atoms with E-state index in [-0.39, 0.29) is 17.6 Å². The molecule has 1 aromatic rings. The molecule has 0 aliphatic carbocycles. The molecule has 3 rings (SSSR count). The lowest BCUT2D eigenvalue weighted by molar-refractivity contribution is -0.117. The van der Waals surface area contributed by atoms with Crippen molar-refractivity contribution in [1.29, 1.82) is 0 Å². The number of hydrogen-bond donors (Lipinski definition) is 3. The Morgan fingerprint density at radius 2 is 2.10 bits per heavy atom. The Morgan fingerprint density at radius 1 is 1.31 bits per heavy atom. The third-order valence-corrected chi connectivity index (χ3v) is 5.45. The van der Waals surface area contributed by atoms with Gasteiger partial charge in [-0.25, -0.2) is 0 Å². The van der Waals surface area contributed by atoms with E-state index in [2.05, 4.69) is 10.2 Å². The molecular weight excluding hydrogens is 374 g/mol. The average molecular weight is 405 g/mol. The van der Waals surface area contributed by atoms with Gasteiger partial charge in [0, 0.05) is 43.6 Å². The zero-order valence-corrected chi connectivity index (χ0v) is 17.0. The van der Waals surface area contributed by atoms with Gasteiger partial charge in [-0.2, -0.15) is 0 Å². The maximum absolute atomic E-state index is 12.8. The number of aliphatic hydroxyl groups excluding tert-OH is 1. The van der Waals surface area contributed by atoms with Crippen LogP contribution in [0.1, 0.15) is 43.0 Å². The highest BCUT2D eigenvalue weighted by molar-refractivity contribution is 5.98. The Morgan fingerprint density at radius 3 is 2.86 bits per heavy atom. The third kappa shape index (κ3) is 5.83. The van der Waals surface area contributed by atoms with Crippen molar-refractivity contribution in [2.45, 2.75) is 38.7 Å². The first-order valence-corrected chi connectivity index (χ1v) is 10.3. The van der Waals surface area contributed by atoms with E-state index in [0.29, 0.717) is 55.5 Å². The van der Waals surface area contributed by atoms with Gasteiger partial charge in [0.1, 0.15) is 5.78 Å². The summed E-state index contributed by atoms with van der Waals surface area (Å²) in [7, 11) is 0. The molecule has 2 aliphatic rings. The Labute approximate surface area is 171 Å². The molecule has 160 valence electrons. The Bertz CT molecular complexity index is 739. The molecule has 8 nitrogen and oxygen atoms in total. The van der Waals surface area contributed by atoms with E-state index < -0.39 is 6.10 Å². The topological polar surface area (TPSA) is 114 Å². The van der Waals surface area contributed by atoms with Crippen molar-refractivity contribution >= 4 is 17.4 Å². The minimum Gasteiger partial charge on any atom is -0.489 e. The largest absolute Gasteiger partial charge is 0.489 e. The SMILES string of the molecule is CC(=O)CCCN1CC[C@@H](CNC(=O)c2cc(N)cc3c2OCCCO3)C(O)C1. The van der Waals surface area contributed by atoms with E-state index in [1.165, 1.54) is 0 Å². The number of ketones is 1. The van der Waals surface area contributed by atoms with Crippen LogP contribution in [-0.4, -0.2) is 67.2 Å². The molecule has 29 heavy (non-hydrogen) atoms. The first-order chi connectivity index (χ1) is 13.9. The lowest BCUT2D eigenvalue weighted by Crippen LogP contribution is -2.47. The summed E-state index contributed by atoms with van der Waals surface area (Å²) < 4.78 is 11.4. The molecule has 1 fully saturated rings. The van der Waals surface area contributed by atoms with Crippen molar-refractivity contribution in [3.05, 3.63) is 17.7 Å². The van der Waals surface area contributed by atoms with Gasteiger partial charge in [-0.05, 0) is 38.9 Å². The number of nitrogens with two attached hydrogens (primary N) is 1. The molecule has 2 heterocycles. The number of nitrogen functional groups attached to an aromatic ring is 1. The van der Waals surface area contributed by atoms with E-state index in [0.717, 1.165) is 32.4 Å². The summed E-state index contributed by atoms with van der Waals surface area (Å²) in [5.41, 5.74) is 6.73. The normalized spacial score (nSPS) is 22.0. The molecule has 0 saturated carbocycles. The number of carbonyl (C=O) groups excluding carboxylic acids is 2. The van der Waals surface area contributed by atoms with E-state index in [9.17, 15) is 14.7 Å². The number of piperidine rings is 1. The number of rotatable bonds is 7. The molecule has 0 bridgehead atoms. The smallest absolute Gasteiger partial charge is 0.255 e. The number of ether oxygens (including phenoxy) is 2. The van der Waals surface area contributed by atoms with Crippen molar-refractivity contribution in [3.63, 3.8) is 0 Å². The number of fused-ring (bicyclic) bond motifs is 1. The quantitative estimate of drug-likeness (QED) is 0.584. The van der Waals surface area contributed by atoms with Crippen molar-refractivity contribution in [1.82, 2.24) is 10.2 Å². The van der Waals surface area contributed by atoms with Crippen LogP contribution in [0.5, 0.6) is 11.5 Å². The second-order valence-corrected chi connectivity index (χ2v) is 7.88. The van der Waals surface area contributed by atoms with Gasteiger partial charge in [0.25, 0.3) is 5.91 Å². The molecule has 2 atom stereocenters. The van der Waals surface area contributed by atoms with Gasteiger partial charge in [0.15, 0.2) is 11.5 Å². The van der Waals surface area contributed by atoms with Gasteiger partial charge in [-0.15, -0.1) is 0 Å². The van der Waals surface area contributed by atoms with Crippen LogP contribution in [0, 0.1) is 5.92 Å². The number of aliphatic hydroxyl groups is 1. The first kappa shape index (κ1) is 21.4.